The molecule has 1 aliphatic heterocycles. The molecule has 1 aromatic heterocycles. The molecule has 0 unspecified atom stereocenters. The number of carbonyl (C=O) groups excluding carboxylic acids is 2. The third-order valence-corrected chi connectivity index (χ3v) is 4.73. The lowest BCUT2D eigenvalue weighted by molar-refractivity contribution is 0.0936. The van der Waals surface area contributed by atoms with Gasteiger partial charge in [0.1, 0.15) is 5.82 Å². The van der Waals surface area contributed by atoms with Crippen molar-refractivity contribution >= 4 is 17.5 Å². The van der Waals surface area contributed by atoms with E-state index in [-0.39, 0.29) is 23.1 Å². The molecular formula is C20H26FN5O2. The van der Waals surface area contributed by atoms with Crippen molar-refractivity contribution in [3.8, 4) is 0 Å². The van der Waals surface area contributed by atoms with Crippen LogP contribution >= 0.6 is 0 Å². The van der Waals surface area contributed by atoms with Gasteiger partial charge < -0.3 is 20.1 Å². The fraction of sp³-hybridized carbons (Fsp3) is 0.450. The summed E-state index contributed by atoms with van der Waals surface area (Å²) in [5.41, 5.74) is 1.03. The van der Waals surface area contributed by atoms with E-state index in [1.807, 2.05) is 18.7 Å². The number of halogens is 1. The molecule has 2 amide bonds. The fourth-order valence-electron chi connectivity index (χ4n) is 3.32. The first-order valence-electron chi connectivity index (χ1n) is 9.55. The first-order chi connectivity index (χ1) is 13.5. The van der Waals surface area contributed by atoms with E-state index in [1.165, 1.54) is 12.1 Å². The Morgan fingerprint density at radius 1 is 1.21 bits per heavy atom. The second-order valence-electron chi connectivity index (χ2n) is 7.19. The summed E-state index contributed by atoms with van der Waals surface area (Å²) in [4.78, 5) is 31.7. The third kappa shape index (κ3) is 4.56. The number of nitrogens with zero attached hydrogens (tertiary/aromatic N) is 3. The van der Waals surface area contributed by atoms with Crippen LogP contribution in [0.2, 0.25) is 0 Å². The van der Waals surface area contributed by atoms with E-state index < -0.39 is 11.7 Å². The number of fused-ring (bicyclic) bond motifs is 1. The Morgan fingerprint density at radius 3 is 2.75 bits per heavy atom. The average Bonchev–Trinajstić information content (AvgIpc) is 3.07. The van der Waals surface area contributed by atoms with Crippen molar-refractivity contribution in [2.45, 2.75) is 32.2 Å². The number of hydrogen-bond acceptors (Lipinski definition) is 4. The monoisotopic (exact) mass is 387 g/mol. The van der Waals surface area contributed by atoms with Gasteiger partial charge in [-0.3, -0.25) is 9.59 Å². The highest BCUT2D eigenvalue weighted by Gasteiger charge is 2.27. The van der Waals surface area contributed by atoms with Gasteiger partial charge in [0, 0.05) is 13.1 Å². The van der Waals surface area contributed by atoms with E-state index >= 15 is 0 Å². The first-order valence-corrected chi connectivity index (χ1v) is 9.55. The molecule has 0 atom stereocenters. The summed E-state index contributed by atoms with van der Waals surface area (Å²) in [6.45, 7) is 2.06. The summed E-state index contributed by atoms with van der Waals surface area (Å²) in [5, 5.41) is 5.44. The zero-order valence-corrected chi connectivity index (χ0v) is 16.3. The molecule has 2 heterocycles. The van der Waals surface area contributed by atoms with Crippen LogP contribution in [0.1, 0.15) is 46.1 Å². The van der Waals surface area contributed by atoms with Crippen LogP contribution in [0.15, 0.2) is 24.3 Å². The van der Waals surface area contributed by atoms with Crippen molar-refractivity contribution < 1.29 is 14.0 Å². The van der Waals surface area contributed by atoms with Gasteiger partial charge in [-0.25, -0.2) is 9.37 Å². The van der Waals surface area contributed by atoms with Crippen molar-refractivity contribution in [2.75, 3.05) is 32.5 Å². The van der Waals surface area contributed by atoms with Crippen molar-refractivity contribution in [3.05, 3.63) is 47.3 Å². The predicted molar refractivity (Wildman–Crippen MR) is 105 cm³/mol. The summed E-state index contributed by atoms with van der Waals surface area (Å²) in [6, 6.07) is 5.98. The van der Waals surface area contributed by atoms with E-state index in [0.717, 1.165) is 31.5 Å². The van der Waals surface area contributed by atoms with Gasteiger partial charge in [0.05, 0.1) is 11.4 Å². The molecule has 0 radical (unpaired) electrons. The number of aromatic nitrogens is 2. The highest BCUT2D eigenvalue weighted by molar-refractivity contribution is 6.05. The number of para-hydroxylation sites is 1. The maximum absolute atomic E-state index is 13.9. The standard InChI is InChI=1S/C20H26FN5O2/c1-25(2)12-7-11-22-20(28)18-24-17(16-10-5-6-13-26(16)18)19(27)23-15-9-4-3-8-14(15)21/h3-4,8-9H,5-7,10-13H2,1-2H3,(H,22,28)(H,23,27). The Kier molecular flexibility index (Phi) is 6.41. The van der Waals surface area contributed by atoms with Crippen LogP contribution in [0.4, 0.5) is 10.1 Å². The van der Waals surface area contributed by atoms with Crippen molar-refractivity contribution in [2.24, 2.45) is 0 Å². The van der Waals surface area contributed by atoms with Crippen molar-refractivity contribution in [3.63, 3.8) is 0 Å². The highest BCUT2D eigenvalue weighted by Crippen LogP contribution is 2.22. The Morgan fingerprint density at radius 2 is 2.00 bits per heavy atom. The maximum Gasteiger partial charge on any atom is 0.287 e. The molecule has 0 aliphatic carbocycles. The number of imidazole rings is 1. The van der Waals surface area contributed by atoms with Crippen LogP contribution in [0.25, 0.3) is 0 Å². The lowest BCUT2D eigenvalue weighted by atomic mass is 10.1. The molecular weight excluding hydrogens is 361 g/mol. The largest absolute Gasteiger partial charge is 0.349 e. The molecule has 0 saturated heterocycles. The first kappa shape index (κ1) is 20.0. The van der Waals surface area contributed by atoms with E-state index in [2.05, 4.69) is 20.5 Å². The summed E-state index contributed by atoms with van der Waals surface area (Å²) in [7, 11) is 3.96. The number of hydrogen-bond donors (Lipinski definition) is 2. The summed E-state index contributed by atoms with van der Waals surface area (Å²) in [5.74, 6) is -1.05. The Balaban J connectivity index is 1.78. The number of anilines is 1. The fourth-order valence-corrected chi connectivity index (χ4v) is 3.32. The molecule has 0 saturated carbocycles. The van der Waals surface area contributed by atoms with Gasteiger partial charge in [0.15, 0.2) is 11.5 Å². The summed E-state index contributed by atoms with van der Waals surface area (Å²) < 4.78 is 15.7. The molecule has 0 bridgehead atoms. The molecule has 8 heteroatoms. The SMILES string of the molecule is CN(C)CCCNC(=O)c1nc(C(=O)Nc2ccccc2F)c2n1CCCC2. The van der Waals surface area contributed by atoms with Crippen LogP contribution < -0.4 is 10.6 Å². The molecule has 150 valence electrons. The maximum atomic E-state index is 13.9. The van der Waals surface area contributed by atoms with Gasteiger partial charge in [0.25, 0.3) is 11.8 Å². The number of carbonyl (C=O) groups is 2. The van der Waals surface area contributed by atoms with Gasteiger partial charge in [0.2, 0.25) is 0 Å². The quantitative estimate of drug-likeness (QED) is 0.715. The molecule has 3 rings (SSSR count). The Hall–Kier alpha value is -2.74. The van der Waals surface area contributed by atoms with E-state index in [4.69, 9.17) is 0 Å². The van der Waals surface area contributed by atoms with Gasteiger partial charge in [-0.05, 0) is 58.5 Å². The second-order valence-corrected chi connectivity index (χ2v) is 7.19. The van der Waals surface area contributed by atoms with Gasteiger partial charge >= 0.3 is 0 Å². The van der Waals surface area contributed by atoms with Gasteiger partial charge in [-0.1, -0.05) is 12.1 Å². The minimum absolute atomic E-state index is 0.0970. The highest BCUT2D eigenvalue weighted by atomic mass is 19.1. The van der Waals surface area contributed by atoms with Crippen LogP contribution in [0.5, 0.6) is 0 Å². The number of benzene rings is 1. The Bertz CT molecular complexity index is 862. The molecule has 1 aromatic carbocycles. The van der Waals surface area contributed by atoms with Crippen LogP contribution in [0.3, 0.4) is 0 Å². The number of rotatable bonds is 7. The van der Waals surface area contributed by atoms with Crippen molar-refractivity contribution in [1.82, 2.24) is 19.8 Å². The molecule has 7 nitrogen and oxygen atoms in total. The minimum atomic E-state index is -0.511. The zero-order chi connectivity index (χ0) is 20.1. The lowest BCUT2D eigenvalue weighted by Crippen LogP contribution is -2.30. The molecule has 1 aliphatic rings. The Labute approximate surface area is 163 Å². The normalized spacial score (nSPS) is 13.3. The van der Waals surface area contributed by atoms with Gasteiger partial charge in [-0.15, -0.1) is 0 Å². The average molecular weight is 387 g/mol. The van der Waals surface area contributed by atoms with Crippen LogP contribution in [-0.2, 0) is 13.0 Å². The summed E-state index contributed by atoms with van der Waals surface area (Å²) >= 11 is 0. The topological polar surface area (TPSA) is 79.3 Å². The molecule has 0 spiro atoms. The van der Waals surface area contributed by atoms with E-state index in [0.29, 0.717) is 19.5 Å². The summed E-state index contributed by atoms with van der Waals surface area (Å²) in [6.07, 6.45) is 3.35. The van der Waals surface area contributed by atoms with Crippen LogP contribution in [0, 0.1) is 5.82 Å². The number of nitrogens with one attached hydrogen (secondary N) is 2. The third-order valence-electron chi connectivity index (χ3n) is 4.73. The molecule has 28 heavy (non-hydrogen) atoms. The number of amides is 2. The van der Waals surface area contributed by atoms with Crippen molar-refractivity contribution in [1.29, 1.82) is 0 Å². The molecule has 2 N–H and O–H groups in total. The smallest absolute Gasteiger partial charge is 0.287 e. The zero-order valence-electron chi connectivity index (χ0n) is 16.3. The van der Waals surface area contributed by atoms with Gasteiger partial charge in [-0.2, -0.15) is 0 Å². The molecule has 0 fully saturated rings. The predicted octanol–water partition coefficient (Wildman–Crippen LogP) is 2.29. The van der Waals surface area contributed by atoms with E-state index in [1.54, 1.807) is 12.1 Å². The second kappa shape index (κ2) is 8.97. The minimum Gasteiger partial charge on any atom is -0.349 e. The lowest BCUT2D eigenvalue weighted by Gasteiger charge is -2.17. The van der Waals surface area contributed by atoms with Crippen LogP contribution in [-0.4, -0.2) is 53.5 Å². The molecule has 2 aromatic rings. The van der Waals surface area contributed by atoms with E-state index in [9.17, 15) is 14.0 Å².